The SMILES string of the molecule is Cc1nc2cc(F)cc(C(=O)N3C[C@H]4CNC[C@H]4C3)c2nc1C.Cl.Cl. The zero-order valence-electron chi connectivity index (χ0n) is 14.1. The number of nitrogens with zero attached hydrogens (tertiary/aromatic N) is 3. The Hall–Kier alpha value is -1.50. The molecular weight excluding hydrogens is 366 g/mol. The summed E-state index contributed by atoms with van der Waals surface area (Å²) in [6.07, 6.45) is 0. The van der Waals surface area contributed by atoms with Gasteiger partial charge in [0, 0.05) is 32.2 Å². The van der Waals surface area contributed by atoms with E-state index in [4.69, 9.17) is 0 Å². The maximum Gasteiger partial charge on any atom is 0.256 e. The molecule has 2 aliphatic rings. The third-order valence-electron chi connectivity index (χ3n) is 5.05. The maximum absolute atomic E-state index is 14.0. The molecule has 1 N–H and O–H groups in total. The van der Waals surface area contributed by atoms with E-state index in [9.17, 15) is 9.18 Å². The fraction of sp³-hybridized carbons (Fsp3) is 0.471. The standard InChI is InChI=1S/C17H19FN4O.2ClH/c1-9-10(2)21-16-14(3-13(18)4-15(16)20-9)17(23)22-7-11-5-19-6-12(11)8-22;;/h3-4,11-12,19H,5-8H2,1-2H3;2*1H/t11-,12+;;. The van der Waals surface area contributed by atoms with Crippen LogP contribution >= 0.6 is 24.8 Å². The minimum absolute atomic E-state index is 0. The zero-order valence-corrected chi connectivity index (χ0v) is 15.7. The first-order valence-electron chi connectivity index (χ1n) is 7.97. The van der Waals surface area contributed by atoms with Gasteiger partial charge in [-0.15, -0.1) is 24.8 Å². The van der Waals surface area contributed by atoms with Gasteiger partial charge in [-0.05, 0) is 31.7 Å². The smallest absolute Gasteiger partial charge is 0.256 e. The van der Waals surface area contributed by atoms with Gasteiger partial charge in [-0.1, -0.05) is 0 Å². The monoisotopic (exact) mass is 386 g/mol. The summed E-state index contributed by atoms with van der Waals surface area (Å²) in [5.74, 6) is 0.434. The summed E-state index contributed by atoms with van der Waals surface area (Å²) in [6, 6.07) is 2.63. The van der Waals surface area contributed by atoms with Crippen molar-refractivity contribution in [3.63, 3.8) is 0 Å². The quantitative estimate of drug-likeness (QED) is 0.817. The number of aryl methyl sites for hydroxylation is 2. The van der Waals surface area contributed by atoms with Gasteiger partial charge >= 0.3 is 0 Å². The van der Waals surface area contributed by atoms with Gasteiger partial charge in [-0.3, -0.25) is 4.79 Å². The van der Waals surface area contributed by atoms with Crippen LogP contribution in [0.5, 0.6) is 0 Å². The Kier molecular flexibility index (Phi) is 5.86. The van der Waals surface area contributed by atoms with E-state index in [1.165, 1.54) is 12.1 Å². The van der Waals surface area contributed by atoms with E-state index in [0.29, 0.717) is 28.4 Å². The molecule has 2 aromatic rings. The molecule has 0 spiro atoms. The molecule has 4 rings (SSSR count). The van der Waals surface area contributed by atoms with Crippen molar-refractivity contribution >= 4 is 41.8 Å². The van der Waals surface area contributed by atoms with E-state index in [1.54, 1.807) is 0 Å². The number of aromatic nitrogens is 2. The predicted molar refractivity (Wildman–Crippen MR) is 99.2 cm³/mol. The molecule has 5 nitrogen and oxygen atoms in total. The molecule has 2 atom stereocenters. The van der Waals surface area contributed by atoms with Gasteiger partial charge in [0.1, 0.15) is 11.3 Å². The minimum Gasteiger partial charge on any atom is -0.338 e. The maximum atomic E-state index is 14.0. The first-order chi connectivity index (χ1) is 11.0. The van der Waals surface area contributed by atoms with Gasteiger partial charge in [0.05, 0.1) is 22.5 Å². The topological polar surface area (TPSA) is 58.1 Å². The summed E-state index contributed by atoms with van der Waals surface area (Å²) in [6.45, 7) is 7.06. The van der Waals surface area contributed by atoms with Gasteiger partial charge < -0.3 is 10.2 Å². The molecule has 0 unspecified atom stereocenters. The zero-order chi connectivity index (χ0) is 16.1. The van der Waals surface area contributed by atoms with Crippen LogP contribution in [0.4, 0.5) is 4.39 Å². The van der Waals surface area contributed by atoms with Crippen LogP contribution < -0.4 is 5.32 Å². The number of nitrogens with one attached hydrogen (secondary N) is 1. The number of hydrogen-bond donors (Lipinski definition) is 1. The predicted octanol–water partition coefficient (Wildman–Crippen LogP) is 2.52. The lowest BCUT2D eigenvalue weighted by Gasteiger charge is -2.18. The van der Waals surface area contributed by atoms with E-state index >= 15 is 0 Å². The molecule has 25 heavy (non-hydrogen) atoms. The van der Waals surface area contributed by atoms with Gasteiger partial charge in [0.25, 0.3) is 5.91 Å². The molecule has 136 valence electrons. The highest BCUT2D eigenvalue weighted by Gasteiger charge is 2.38. The number of hydrogen-bond acceptors (Lipinski definition) is 4. The molecule has 0 saturated carbocycles. The molecule has 3 heterocycles. The van der Waals surface area contributed by atoms with Crippen LogP contribution in [-0.2, 0) is 0 Å². The van der Waals surface area contributed by atoms with Gasteiger partial charge in [-0.2, -0.15) is 0 Å². The molecule has 0 aliphatic carbocycles. The van der Waals surface area contributed by atoms with Crippen molar-refractivity contribution in [3.8, 4) is 0 Å². The van der Waals surface area contributed by atoms with Crippen molar-refractivity contribution in [2.75, 3.05) is 26.2 Å². The van der Waals surface area contributed by atoms with E-state index in [1.807, 2.05) is 18.7 Å². The Balaban J connectivity index is 0.00000113. The molecular formula is C17H21Cl2FN4O. The van der Waals surface area contributed by atoms with Gasteiger partial charge in [-0.25, -0.2) is 14.4 Å². The highest BCUT2D eigenvalue weighted by molar-refractivity contribution is 6.04. The number of carbonyl (C=O) groups excluding carboxylic acids is 1. The Morgan fingerprint density at radius 1 is 1.12 bits per heavy atom. The summed E-state index contributed by atoms with van der Waals surface area (Å²) >= 11 is 0. The number of likely N-dealkylation sites (tertiary alicyclic amines) is 1. The van der Waals surface area contributed by atoms with Crippen molar-refractivity contribution in [1.29, 1.82) is 0 Å². The molecule has 2 saturated heterocycles. The van der Waals surface area contributed by atoms with Crippen LogP contribution in [0.2, 0.25) is 0 Å². The lowest BCUT2D eigenvalue weighted by Crippen LogP contribution is -2.32. The Morgan fingerprint density at radius 2 is 1.72 bits per heavy atom. The first kappa shape index (κ1) is 19.8. The van der Waals surface area contributed by atoms with Crippen LogP contribution in [0.1, 0.15) is 21.7 Å². The van der Waals surface area contributed by atoms with Crippen LogP contribution in [0.3, 0.4) is 0 Å². The average molecular weight is 387 g/mol. The van der Waals surface area contributed by atoms with Gasteiger partial charge in [0.15, 0.2) is 0 Å². The number of amides is 1. The summed E-state index contributed by atoms with van der Waals surface area (Å²) < 4.78 is 14.0. The van der Waals surface area contributed by atoms with Crippen LogP contribution in [0.25, 0.3) is 11.0 Å². The fourth-order valence-electron chi connectivity index (χ4n) is 3.65. The van der Waals surface area contributed by atoms with E-state index in [0.717, 1.165) is 37.6 Å². The summed E-state index contributed by atoms with van der Waals surface area (Å²) in [5, 5.41) is 3.36. The third-order valence-corrected chi connectivity index (χ3v) is 5.05. The lowest BCUT2D eigenvalue weighted by molar-refractivity contribution is 0.0783. The van der Waals surface area contributed by atoms with E-state index in [2.05, 4.69) is 15.3 Å². The second-order valence-electron chi connectivity index (χ2n) is 6.60. The van der Waals surface area contributed by atoms with E-state index < -0.39 is 5.82 Å². The Labute approximate surface area is 158 Å². The number of benzene rings is 1. The van der Waals surface area contributed by atoms with Crippen LogP contribution in [-0.4, -0.2) is 47.0 Å². The summed E-state index contributed by atoms with van der Waals surface area (Å²) in [4.78, 5) is 23.6. The van der Waals surface area contributed by atoms with Gasteiger partial charge in [0.2, 0.25) is 0 Å². The number of rotatable bonds is 1. The third kappa shape index (κ3) is 3.43. The Morgan fingerprint density at radius 3 is 2.36 bits per heavy atom. The lowest BCUT2D eigenvalue weighted by atomic mass is 10.0. The fourth-order valence-corrected chi connectivity index (χ4v) is 3.65. The van der Waals surface area contributed by atoms with Crippen molar-refractivity contribution < 1.29 is 9.18 Å². The van der Waals surface area contributed by atoms with Crippen molar-refractivity contribution in [1.82, 2.24) is 20.2 Å². The molecule has 1 aromatic heterocycles. The molecule has 8 heteroatoms. The summed E-state index contributed by atoms with van der Waals surface area (Å²) in [5.41, 5.74) is 2.78. The first-order valence-corrected chi connectivity index (χ1v) is 7.97. The molecule has 2 fully saturated rings. The second kappa shape index (κ2) is 7.40. The number of fused-ring (bicyclic) bond motifs is 2. The largest absolute Gasteiger partial charge is 0.338 e. The highest BCUT2D eigenvalue weighted by Crippen LogP contribution is 2.29. The second-order valence-corrected chi connectivity index (χ2v) is 6.60. The average Bonchev–Trinajstić information content (AvgIpc) is 3.09. The molecule has 1 aromatic carbocycles. The Bertz CT molecular complexity index is 805. The number of halogens is 3. The molecule has 0 bridgehead atoms. The normalized spacial score (nSPS) is 21.6. The van der Waals surface area contributed by atoms with Crippen LogP contribution in [0, 0.1) is 31.5 Å². The number of carbonyl (C=O) groups is 1. The van der Waals surface area contributed by atoms with E-state index in [-0.39, 0.29) is 30.7 Å². The van der Waals surface area contributed by atoms with Crippen LogP contribution in [0.15, 0.2) is 12.1 Å². The molecule has 0 radical (unpaired) electrons. The van der Waals surface area contributed by atoms with Crippen molar-refractivity contribution in [3.05, 3.63) is 34.9 Å². The van der Waals surface area contributed by atoms with Crippen molar-refractivity contribution in [2.45, 2.75) is 13.8 Å². The summed E-state index contributed by atoms with van der Waals surface area (Å²) in [7, 11) is 0. The molecule has 2 aliphatic heterocycles. The molecule has 1 amide bonds. The van der Waals surface area contributed by atoms with Crippen molar-refractivity contribution in [2.24, 2.45) is 11.8 Å². The highest BCUT2D eigenvalue weighted by atomic mass is 35.5. The minimum atomic E-state index is -0.445.